The Hall–Kier alpha value is -1.61. The van der Waals surface area contributed by atoms with Crippen molar-refractivity contribution in [2.24, 2.45) is 0 Å². The third kappa shape index (κ3) is 3.53. The summed E-state index contributed by atoms with van der Waals surface area (Å²) in [6.07, 6.45) is 10.5. The molecular formula is C18H25NO2. The van der Waals surface area contributed by atoms with Crippen molar-refractivity contribution in [3.8, 4) is 5.75 Å². The zero-order valence-corrected chi connectivity index (χ0v) is 13.7. The zero-order valence-electron chi connectivity index (χ0n) is 13.7. The van der Waals surface area contributed by atoms with Gasteiger partial charge < -0.3 is 9.47 Å². The molecule has 2 rings (SSSR count). The van der Waals surface area contributed by atoms with Gasteiger partial charge in [-0.2, -0.15) is 0 Å². The molecule has 0 N–H and O–H groups in total. The lowest BCUT2D eigenvalue weighted by atomic mass is 10.0. The molecule has 0 unspecified atom stereocenters. The molecule has 0 amide bonds. The molecule has 1 aromatic rings. The first kappa shape index (κ1) is 15.8. The maximum Gasteiger partial charge on any atom is 0.205 e. The summed E-state index contributed by atoms with van der Waals surface area (Å²) in [5, 5.41) is 0. The maximum absolute atomic E-state index is 5.99. The van der Waals surface area contributed by atoms with E-state index < -0.39 is 5.79 Å². The lowest BCUT2D eigenvalue weighted by Gasteiger charge is -2.34. The molecule has 3 nitrogen and oxygen atoms in total. The Morgan fingerprint density at radius 3 is 2.48 bits per heavy atom. The minimum absolute atomic E-state index is 0.558. The molecule has 1 aliphatic rings. The lowest BCUT2D eigenvalue weighted by Crippen LogP contribution is -2.36. The normalized spacial score (nSPS) is 17.2. The fourth-order valence-corrected chi connectivity index (χ4v) is 2.37. The topological polar surface area (TPSA) is 31.4 Å². The molecule has 0 fully saturated rings. The Kier molecular flexibility index (Phi) is 4.84. The van der Waals surface area contributed by atoms with Gasteiger partial charge in [0, 0.05) is 25.0 Å². The highest BCUT2D eigenvalue weighted by molar-refractivity contribution is 5.68. The second kappa shape index (κ2) is 6.44. The number of nitrogens with zero attached hydrogens (tertiary/aromatic N) is 1. The van der Waals surface area contributed by atoms with Crippen molar-refractivity contribution in [1.29, 1.82) is 0 Å². The van der Waals surface area contributed by atoms with Crippen LogP contribution in [0.1, 0.15) is 63.1 Å². The van der Waals surface area contributed by atoms with Crippen molar-refractivity contribution < 1.29 is 9.47 Å². The van der Waals surface area contributed by atoms with Crippen molar-refractivity contribution in [2.75, 3.05) is 0 Å². The van der Waals surface area contributed by atoms with E-state index >= 15 is 0 Å². The first-order valence-corrected chi connectivity index (χ1v) is 7.68. The second-order valence-corrected chi connectivity index (χ2v) is 5.72. The highest BCUT2D eigenvalue weighted by atomic mass is 16.7. The van der Waals surface area contributed by atoms with E-state index in [9.17, 15) is 0 Å². The summed E-state index contributed by atoms with van der Waals surface area (Å²) in [7, 11) is 0. The van der Waals surface area contributed by atoms with Crippen LogP contribution in [0.25, 0.3) is 12.2 Å². The van der Waals surface area contributed by atoms with Crippen LogP contribution in [0.15, 0.2) is 12.2 Å². The number of ether oxygens (including phenoxy) is 2. The maximum atomic E-state index is 5.99. The molecule has 0 atom stereocenters. The molecule has 21 heavy (non-hydrogen) atoms. The van der Waals surface area contributed by atoms with Crippen molar-refractivity contribution in [1.82, 2.24) is 4.98 Å². The molecule has 3 heteroatoms. The number of aromatic nitrogens is 1. The standard InChI is InChI=1S/C18H25NO2/c1-6-8-10-14-15-12-20-18(4,5)21-17(15)13(3)19-16(14)11-9-7-2/h8-11H,6-7,12H2,1-5H3/b10-8+,11-9+. The van der Waals surface area contributed by atoms with Crippen LogP contribution in [0.2, 0.25) is 0 Å². The van der Waals surface area contributed by atoms with Crippen molar-refractivity contribution in [3.05, 3.63) is 34.7 Å². The number of allylic oxidation sites excluding steroid dienone is 2. The molecule has 1 aromatic heterocycles. The van der Waals surface area contributed by atoms with E-state index in [0.29, 0.717) is 6.61 Å². The minimum Gasteiger partial charge on any atom is -0.461 e. The number of fused-ring (bicyclic) bond motifs is 1. The lowest BCUT2D eigenvalue weighted by molar-refractivity contribution is -0.180. The fraction of sp³-hybridized carbons (Fsp3) is 0.500. The molecule has 2 heterocycles. The van der Waals surface area contributed by atoms with Gasteiger partial charge in [-0.25, -0.2) is 4.98 Å². The summed E-state index contributed by atoms with van der Waals surface area (Å²) < 4.78 is 11.8. The molecule has 0 aromatic carbocycles. The van der Waals surface area contributed by atoms with Crippen molar-refractivity contribution in [3.63, 3.8) is 0 Å². The van der Waals surface area contributed by atoms with E-state index in [1.54, 1.807) is 0 Å². The van der Waals surface area contributed by atoms with E-state index in [2.05, 4.69) is 38.2 Å². The molecule has 0 saturated heterocycles. The summed E-state index contributed by atoms with van der Waals surface area (Å²) in [5.74, 6) is 0.280. The van der Waals surface area contributed by atoms with Crippen LogP contribution in [0.3, 0.4) is 0 Å². The number of hydrogen-bond donors (Lipinski definition) is 0. The Bertz CT molecular complexity index is 571. The van der Waals surface area contributed by atoms with Crippen LogP contribution in [0.5, 0.6) is 5.75 Å². The Morgan fingerprint density at radius 2 is 1.81 bits per heavy atom. The number of hydrogen-bond acceptors (Lipinski definition) is 3. The minimum atomic E-state index is -0.591. The average Bonchev–Trinajstić information content (AvgIpc) is 2.44. The van der Waals surface area contributed by atoms with Crippen molar-refractivity contribution in [2.45, 2.75) is 59.9 Å². The molecule has 0 radical (unpaired) electrons. The van der Waals surface area contributed by atoms with Gasteiger partial charge in [-0.15, -0.1) is 0 Å². The molecule has 114 valence electrons. The summed E-state index contributed by atoms with van der Waals surface area (Å²) in [6.45, 7) is 10.7. The summed E-state index contributed by atoms with van der Waals surface area (Å²) in [4.78, 5) is 4.72. The van der Waals surface area contributed by atoms with Crippen LogP contribution in [-0.4, -0.2) is 10.8 Å². The number of aryl methyl sites for hydroxylation is 1. The fourth-order valence-electron chi connectivity index (χ4n) is 2.37. The largest absolute Gasteiger partial charge is 0.461 e. The predicted molar refractivity (Wildman–Crippen MR) is 87.1 cm³/mol. The van der Waals surface area contributed by atoms with E-state index in [-0.39, 0.29) is 0 Å². The second-order valence-electron chi connectivity index (χ2n) is 5.72. The molecule has 0 spiro atoms. The number of pyridine rings is 1. The van der Waals surface area contributed by atoms with Gasteiger partial charge in [0.05, 0.1) is 18.0 Å². The van der Waals surface area contributed by atoms with E-state index in [0.717, 1.165) is 41.1 Å². The Morgan fingerprint density at radius 1 is 1.14 bits per heavy atom. The predicted octanol–water partition coefficient (Wildman–Crippen LogP) is 4.88. The first-order valence-electron chi connectivity index (χ1n) is 7.68. The molecule has 0 bridgehead atoms. The third-order valence-electron chi connectivity index (χ3n) is 3.44. The summed E-state index contributed by atoms with van der Waals surface area (Å²) in [5.41, 5.74) is 4.12. The Balaban J connectivity index is 2.58. The van der Waals surface area contributed by atoms with E-state index in [1.165, 1.54) is 0 Å². The SMILES string of the molecule is CC/C=C/c1nc(C)c2c(c1/C=C/CC)COC(C)(C)O2. The average molecular weight is 287 g/mol. The van der Waals surface area contributed by atoms with Gasteiger partial charge in [-0.05, 0) is 25.8 Å². The van der Waals surface area contributed by atoms with Crippen LogP contribution in [-0.2, 0) is 11.3 Å². The van der Waals surface area contributed by atoms with Crippen LogP contribution < -0.4 is 4.74 Å². The van der Waals surface area contributed by atoms with Gasteiger partial charge in [0.2, 0.25) is 5.79 Å². The quantitative estimate of drug-likeness (QED) is 0.790. The summed E-state index contributed by atoms with van der Waals surface area (Å²) >= 11 is 0. The summed E-state index contributed by atoms with van der Waals surface area (Å²) in [6, 6.07) is 0. The van der Waals surface area contributed by atoms with E-state index in [4.69, 9.17) is 14.5 Å². The third-order valence-corrected chi connectivity index (χ3v) is 3.44. The highest BCUT2D eigenvalue weighted by Gasteiger charge is 2.31. The van der Waals surface area contributed by atoms with Gasteiger partial charge in [-0.1, -0.05) is 32.1 Å². The number of rotatable bonds is 4. The van der Waals surface area contributed by atoms with Gasteiger partial charge in [0.1, 0.15) is 0 Å². The van der Waals surface area contributed by atoms with Crippen LogP contribution in [0.4, 0.5) is 0 Å². The van der Waals surface area contributed by atoms with Crippen LogP contribution in [0, 0.1) is 6.92 Å². The van der Waals surface area contributed by atoms with Gasteiger partial charge in [0.25, 0.3) is 0 Å². The molecule has 0 saturated carbocycles. The highest BCUT2D eigenvalue weighted by Crippen LogP contribution is 2.37. The van der Waals surface area contributed by atoms with Crippen LogP contribution >= 0.6 is 0 Å². The first-order chi connectivity index (χ1) is 9.98. The zero-order chi connectivity index (χ0) is 15.5. The smallest absolute Gasteiger partial charge is 0.205 e. The Labute approximate surface area is 127 Å². The monoisotopic (exact) mass is 287 g/mol. The van der Waals surface area contributed by atoms with Gasteiger partial charge in [0.15, 0.2) is 5.75 Å². The molecule has 1 aliphatic heterocycles. The van der Waals surface area contributed by atoms with E-state index in [1.807, 2.05) is 20.8 Å². The molecule has 0 aliphatic carbocycles. The molecular weight excluding hydrogens is 262 g/mol. The van der Waals surface area contributed by atoms with Gasteiger partial charge in [-0.3, -0.25) is 0 Å². The van der Waals surface area contributed by atoms with Gasteiger partial charge >= 0.3 is 0 Å². The van der Waals surface area contributed by atoms with Crippen molar-refractivity contribution >= 4 is 12.2 Å².